The van der Waals surface area contributed by atoms with E-state index in [1.54, 1.807) is 73.7 Å². The van der Waals surface area contributed by atoms with Crippen LogP contribution in [0.25, 0.3) is 5.76 Å². The Bertz CT molecular complexity index is 1110. The Labute approximate surface area is 166 Å². The van der Waals surface area contributed by atoms with Gasteiger partial charge >= 0.3 is 0 Å². The molecule has 0 fully saturated rings. The maximum Gasteiger partial charge on any atom is 0.274 e. The highest BCUT2D eigenvalue weighted by Gasteiger charge is 2.19. The first-order valence-electron chi connectivity index (χ1n) is 8.73. The largest absolute Gasteiger partial charge is 0.505 e. The van der Waals surface area contributed by atoms with Crippen LogP contribution >= 0.6 is 0 Å². The number of carbonyl (C=O) groups is 1. The minimum Gasteiger partial charge on any atom is -0.505 e. The monoisotopic (exact) mass is 387 g/mol. The fourth-order valence-electron chi connectivity index (χ4n) is 2.68. The highest BCUT2D eigenvalue weighted by molar-refractivity contribution is 6.12. The maximum atomic E-state index is 13.0. The second kappa shape index (κ2) is 8.71. The zero-order valence-corrected chi connectivity index (χ0v) is 15.5. The van der Waals surface area contributed by atoms with Gasteiger partial charge < -0.3 is 5.11 Å². The second-order valence-electron chi connectivity index (χ2n) is 6.14. The van der Waals surface area contributed by atoms with Crippen molar-refractivity contribution in [3.8, 4) is 0 Å². The number of azo groups is 1. The van der Waals surface area contributed by atoms with Crippen LogP contribution in [0.15, 0.2) is 94.8 Å². The number of hydrogen-bond acceptors (Lipinski definition) is 6. The number of aliphatic hydroxyl groups excluding tert-OH is 1. The van der Waals surface area contributed by atoms with Crippen LogP contribution in [0, 0.1) is 17.0 Å². The number of rotatable bonds is 6. The number of hydrogen-bond donors (Lipinski definition) is 1. The molecule has 0 aliphatic rings. The first kappa shape index (κ1) is 19.6. The van der Waals surface area contributed by atoms with Gasteiger partial charge in [-0.1, -0.05) is 66.7 Å². The summed E-state index contributed by atoms with van der Waals surface area (Å²) in [7, 11) is 0. The number of benzene rings is 3. The minimum atomic E-state index is -0.515. The van der Waals surface area contributed by atoms with Gasteiger partial charge in [-0.15, -0.1) is 10.2 Å². The Morgan fingerprint density at radius 2 is 1.48 bits per heavy atom. The van der Waals surface area contributed by atoms with E-state index in [0.29, 0.717) is 16.7 Å². The van der Waals surface area contributed by atoms with E-state index >= 15 is 0 Å². The predicted molar refractivity (Wildman–Crippen MR) is 109 cm³/mol. The Kier molecular flexibility index (Phi) is 5.89. The van der Waals surface area contributed by atoms with Crippen LogP contribution in [-0.4, -0.2) is 15.8 Å². The number of allylic oxidation sites excluding steroid dienone is 1. The molecule has 29 heavy (non-hydrogen) atoms. The summed E-state index contributed by atoms with van der Waals surface area (Å²) in [6.07, 6.45) is 0. The highest BCUT2D eigenvalue weighted by atomic mass is 16.6. The summed E-state index contributed by atoms with van der Waals surface area (Å²) in [6, 6.07) is 21.3. The fraction of sp³-hybridized carbons (Fsp3) is 0.0455. The lowest BCUT2D eigenvalue weighted by Gasteiger charge is -2.06. The third-order valence-electron chi connectivity index (χ3n) is 4.25. The summed E-state index contributed by atoms with van der Waals surface area (Å²) in [5, 5.41) is 29.8. The minimum absolute atomic E-state index is 0.103. The summed E-state index contributed by atoms with van der Waals surface area (Å²) < 4.78 is 0. The van der Waals surface area contributed by atoms with E-state index in [2.05, 4.69) is 10.2 Å². The normalized spacial score (nSPS) is 11.9. The molecule has 0 saturated heterocycles. The molecule has 3 aromatic carbocycles. The molecule has 0 aromatic heterocycles. The number of ketones is 1. The van der Waals surface area contributed by atoms with Crippen molar-refractivity contribution < 1.29 is 14.8 Å². The molecular formula is C22H17N3O4. The van der Waals surface area contributed by atoms with Crippen LogP contribution in [-0.2, 0) is 0 Å². The van der Waals surface area contributed by atoms with Crippen molar-refractivity contribution in [1.82, 2.24) is 0 Å². The standard InChI is InChI=1S/C22H17N3O4/c1-15-18(13-8-14-19(15)25(28)29)23-24-20(21(26)16-9-4-2-5-10-16)22(27)17-11-6-3-7-12-17/h2-14,26H,1H3. The van der Waals surface area contributed by atoms with E-state index in [9.17, 15) is 20.0 Å². The van der Waals surface area contributed by atoms with Crippen LogP contribution in [0.4, 0.5) is 11.4 Å². The molecule has 0 spiro atoms. The third kappa shape index (κ3) is 4.41. The topological polar surface area (TPSA) is 105 Å². The SMILES string of the molecule is Cc1c(N=NC(C(=O)c2ccccc2)=C(O)c2ccccc2)cccc1[N+](=O)[O-]. The molecule has 3 rings (SSSR count). The van der Waals surface area contributed by atoms with Gasteiger partial charge in [0, 0.05) is 17.2 Å². The van der Waals surface area contributed by atoms with E-state index in [1.165, 1.54) is 12.1 Å². The average Bonchev–Trinajstić information content (AvgIpc) is 2.75. The van der Waals surface area contributed by atoms with Crippen molar-refractivity contribution in [1.29, 1.82) is 0 Å². The Balaban J connectivity index is 2.10. The number of carbonyl (C=O) groups excluding carboxylic acids is 1. The first-order valence-corrected chi connectivity index (χ1v) is 8.73. The molecule has 7 nitrogen and oxygen atoms in total. The summed E-state index contributed by atoms with van der Waals surface area (Å²) in [4.78, 5) is 23.6. The molecular weight excluding hydrogens is 370 g/mol. The maximum absolute atomic E-state index is 13.0. The van der Waals surface area contributed by atoms with Crippen LogP contribution in [0.2, 0.25) is 0 Å². The smallest absolute Gasteiger partial charge is 0.274 e. The van der Waals surface area contributed by atoms with Crippen molar-refractivity contribution in [2.45, 2.75) is 6.92 Å². The summed E-state index contributed by atoms with van der Waals surface area (Å²) in [5.74, 6) is -0.843. The molecule has 0 heterocycles. The molecule has 0 amide bonds. The molecule has 0 atom stereocenters. The average molecular weight is 387 g/mol. The molecule has 0 bridgehead atoms. The lowest BCUT2D eigenvalue weighted by Crippen LogP contribution is -2.04. The van der Waals surface area contributed by atoms with Gasteiger partial charge in [-0.2, -0.15) is 0 Å². The number of nitrogens with zero attached hydrogens (tertiary/aromatic N) is 3. The Hall–Kier alpha value is -4.13. The summed E-state index contributed by atoms with van der Waals surface area (Å²) in [6.45, 7) is 1.55. The number of nitro benzene ring substituents is 1. The van der Waals surface area contributed by atoms with Crippen molar-refractivity contribution in [2.75, 3.05) is 0 Å². The molecule has 1 N–H and O–H groups in total. The van der Waals surface area contributed by atoms with Gasteiger partial charge in [-0.05, 0) is 13.0 Å². The van der Waals surface area contributed by atoms with Crippen molar-refractivity contribution in [3.63, 3.8) is 0 Å². The van der Waals surface area contributed by atoms with Crippen LogP contribution in [0.3, 0.4) is 0 Å². The van der Waals surface area contributed by atoms with Crippen molar-refractivity contribution in [2.24, 2.45) is 10.2 Å². The van der Waals surface area contributed by atoms with Gasteiger partial charge in [-0.25, -0.2) is 0 Å². The van der Waals surface area contributed by atoms with Crippen molar-refractivity contribution >= 4 is 22.9 Å². The van der Waals surface area contributed by atoms with E-state index in [-0.39, 0.29) is 22.8 Å². The molecule has 0 aliphatic carbocycles. The fourth-order valence-corrected chi connectivity index (χ4v) is 2.68. The Morgan fingerprint density at radius 1 is 0.897 bits per heavy atom. The van der Waals surface area contributed by atoms with Crippen molar-refractivity contribution in [3.05, 3.63) is 111 Å². The van der Waals surface area contributed by atoms with Gasteiger partial charge in [-0.3, -0.25) is 14.9 Å². The third-order valence-corrected chi connectivity index (χ3v) is 4.25. The molecule has 0 aliphatic heterocycles. The van der Waals surface area contributed by atoms with Crippen LogP contribution < -0.4 is 0 Å². The molecule has 0 unspecified atom stereocenters. The van der Waals surface area contributed by atoms with Gasteiger partial charge in [0.15, 0.2) is 11.5 Å². The summed E-state index contributed by atoms with van der Waals surface area (Å²) in [5.41, 5.74) is 0.925. The Morgan fingerprint density at radius 3 is 2.07 bits per heavy atom. The first-order chi connectivity index (χ1) is 14.0. The van der Waals surface area contributed by atoms with Gasteiger partial charge in [0.2, 0.25) is 5.78 Å². The van der Waals surface area contributed by atoms with E-state index in [4.69, 9.17) is 0 Å². The van der Waals surface area contributed by atoms with Crippen LogP contribution in [0.1, 0.15) is 21.5 Å². The lowest BCUT2D eigenvalue weighted by molar-refractivity contribution is -0.385. The molecule has 3 aromatic rings. The molecule has 0 saturated carbocycles. The van der Waals surface area contributed by atoms with Gasteiger partial charge in [0.1, 0.15) is 0 Å². The van der Waals surface area contributed by atoms with Gasteiger partial charge in [0.25, 0.3) is 5.69 Å². The van der Waals surface area contributed by atoms with Crippen LogP contribution in [0.5, 0.6) is 0 Å². The molecule has 144 valence electrons. The van der Waals surface area contributed by atoms with E-state index < -0.39 is 10.7 Å². The number of nitro groups is 1. The number of aliphatic hydroxyl groups is 1. The molecule has 7 heteroatoms. The molecule has 0 radical (unpaired) electrons. The zero-order chi connectivity index (χ0) is 20.8. The zero-order valence-electron chi connectivity index (χ0n) is 15.5. The lowest BCUT2D eigenvalue weighted by atomic mass is 10.1. The van der Waals surface area contributed by atoms with Gasteiger partial charge in [0.05, 0.1) is 16.2 Å². The quantitative estimate of drug-likeness (QED) is 0.144. The van der Waals surface area contributed by atoms with E-state index in [1.807, 2.05) is 0 Å². The summed E-state index contributed by atoms with van der Waals surface area (Å²) >= 11 is 0. The second-order valence-corrected chi connectivity index (χ2v) is 6.14. The van der Waals surface area contributed by atoms with E-state index in [0.717, 1.165) is 0 Å². The predicted octanol–water partition coefficient (Wildman–Crippen LogP) is 5.80. The highest BCUT2D eigenvalue weighted by Crippen LogP contribution is 2.29. The number of Topliss-reactive ketones (excluding diaryl/α,β-unsaturated/α-hetero) is 1.